The molecule has 0 bridgehead atoms. The quantitative estimate of drug-likeness (QED) is 0.526. The molecule has 14 atom stereocenters. The van der Waals surface area contributed by atoms with Crippen LogP contribution in [0.5, 0.6) is 0 Å². The SMILES string of the molecule is C[C@H](CC[C@@H](C)[C@H]1CC[C@H]2[C@@H]3[C@H](O)[C@@H]4O[C@@]45C[C@@H](O)CC[C@]5(C)[C@H]3CC[C@]12C)[C@@H]1C[C@H]1C. The van der Waals surface area contributed by atoms with Crippen molar-refractivity contribution in [2.45, 2.75) is 123 Å². The lowest BCUT2D eigenvalue weighted by atomic mass is 9.43. The Hall–Kier alpha value is -0.120. The molecule has 0 aromatic rings. The first kappa shape index (κ1) is 22.4. The van der Waals surface area contributed by atoms with E-state index < -0.39 is 0 Å². The second-order valence-electron chi connectivity index (χ2n) is 14.2. The number of rotatable bonds is 5. The van der Waals surface area contributed by atoms with E-state index in [1.165, 1.54) is 44.9 Å². The Morgan fingerprint density at radius 2 is 1.66 bits per heavy atom. The van der Waals surface area contributed by atoms with Crippen LogP contribution in [0.3, 0.4) is 0 Å². The maximum atomic E-state index is 11.6. The minimum absolute atomic E-state index is 0.0242. The fourth-order valence-electron chi connectivity index (χ4n) is 10.7. The van der Waals surface area contributed by atoms with Crippen LogP contribution in [-0.2, 0) is 4.74 Å². The summed E-state index contributed by atoms with van der Waals surface area (Å²) in [5.74, 6) is 6.09. The maximum Gasteiger partial charge on any atom is 0.114 e. The van der Waals surface area contributed by atoms with E-state index in [-0.39, 0.29) is 29.3 Å². The van der Waals surface area contributed by atoms with Crippen molar-refractivity contribution in [3.05, 3.63) is 0 Å². The van der Waals surface area contributed by atoms with Gasteiger partial charge >= 0.3 is 0 Å². The van der Waals surface area contributed by atoms with E-state index in [9.17, 15) is 10.2 Å². The summed E-state index contributed by atoms with van der Waals surface area (Å²) in [7, 11) is 0. The highest BCUT2D eigenvalue weighted by Crippen LogP contribution is 2.74. The molecule has 5 saturated carbocycles. The molecule has 6 aliphatic rings. The predicted octanol–water partition coefficient (Wildman–Crippen LogP) is 5.82. The first-order valence-corrected chi connectivity index (χ1v) is 14.2. The first-order valence-electron chi connectivity index (χ1n) is 14.2. The van der Waals surface area contributed by atoms with E-state index in [1.807, 2.05) is 0 Å². The van der Waals surface area contributed by atoms with Crippen LogP contribution in [0, 0.1) is 58.2 Å². The van der Waals surface area contributed by atoms with Crippen LogP contribution in [0.2, 0.25) is 0 Å². The summed E-state index contributed by atoms with van der Waals surface area (Å²) < 4.78 is 6.39. The Kier molecular flexibility index (Phi) is 5.03. The van der Waals surface area contributed by atoms with Gasteiger partial charge in [0.2, 0.25) is 0 Å². The fourth-order valence-corrected chi connectivity index (χ4v) is 10.7. The second-order valence-corrected chi connectivity index (χ2v) is 14.2. The van der Waals surface area contributed by atoms with Gasteiger partial charge in [0.05, 0.1) is 12.2 Å². The lowest BCUT2D eigenvalue weighted by Crippen LogP contribution is -2.63. The number of hydrogen-bond donors (Lipinski definition) is 2. The van der Waals surface area contributed by atoms with Crippen LogP contribution in [0.1, 0.15) is 98.8 Å². The zero-order chi connectivity index (χ0) is 22.6. The molecule has 0 aromatic carbocycles. The zero-order valence-electron chi connectivity index (χ0n) is 21.2. The first-order chi connectivity index (χ1) is 15.1. The van der Waals surface area contributed by atoms with Crippen LogP contribution in [0.15, 0.2) is 0 Å². The number of fused-ring (bicyclic) bond motifs is 4. The monoisotopic (exact) mass is 444 g/mol. The Labute approximate surface area is 196 Å². The molecule has 0 unspecified atom stereocenters. The number of hydrogen-bond acceptors (Lipinski definition) is 3. The van der Waals surface area contributed by atoms with Crippen molar-refractivity contribution < 1.29 is 14.9 Å². The van der Waals surface area contributed by atoms with Crippen molar-refractivity contribution in [1.82, 2.24) is 0 Å². The van der Waals surface area contributed by atoms with Crippen molar-refractivity contribution in [3.8, 4) is 0 Å². The van der Waals surface area contributed by atoms with E-state index in [2.05, 4.69) is 34.6 Å². The van der Waals surface area contributed by atoms with E-state index >= 15 is 0 Å². The molecular weight excluding hydrogens is 396 g/mol. The number of aliphatic hydroxyl groups is 2. The molecule has 1 spiro atoms. The van der Waals surface area contributed by atoms with Crippen LogP contribution in [0.4, 0.5) is 0 Å². The molecule has 0 radical (unpaired) electrons. The standard InChI is InChI=1S/C29H48O3/c1-16(20-14-18(20)3)6-7-17(2)21-8-9-22-24-23(11-12-27(21,22)4)28(5)13-10-19(30)15-29(28)26(32-29)25(24)31/h16-26,30-31H,6-15H2,1-5H3/t16-,17-,18-,19+,20+,21-,22+,23+,24+,25+,26+,27-,28-,29+/m1/s1. The van der Waals surface area contributed by atoms with Gasteiger partial charge < -0.3 is 14.9 Å². The van der Waals surface area contributed by atoms with Crippen molar-refractivity contribution in [2.24, 2.45) is 58.2 Å². The Bertz CT molecular complexity index is 753. The summed E-state index contributed by atoms with van der Waals surface area (Å²) >= 11 is 0. The number of aliphatic hydroxyl groups excluding tert-OH is 2. The van der Waals surface area contributed by atoms with Crippen LogP contribution in [0.25, 0.3) is 0 Å². The molecule has 2 N–H and O–H groups in total. The maximum absolute atomic E-state index is 11.6. The van der Waals surface area contributed by atoms with Gasteiger partial charge in [0.1, 0.15) is 11.7 Å². The molecular formula is C29H48O3. The molecule has 32 heavy (non-hydrogen) atoms. The highest BCUT2D eigenvalue weighted by molar-refractivity contribution is 5.27. The summed E-state index contributed by atoms with van der Waals surface area (Å²) in [5.41, 5.74) is 0.291. The summed E-state index contributed by atoms with van der Waals surface area (Å²) in [5, 5.41) is 22.0. The lowest BCUT2D eigenvalue weighted by molar-refractivity contribution is -0.151. The number of ether oxygens (including phenoxy) is 1. The summed E-state index contributed by atoms with van der Waals surface area (Å²) in [6.07, 6.45) is 11.6. The molecule has 6 fully saturated rings. The molecule has 0 aromatic heterocycles. The van der Waals surface area contributed by atoms with Gasteiger partial charge in [-0.2, -0.15) is 0 Å². The molecule has 1 aliphatic heterocycles. The van der Waals surface area contributed by atoms with Gasteiger partial charge in [-0.25, -0.2) is 0 Å². The summed E-state index contributed by atoms with van der Waals surface area (Å²) in [6.45, 7) is 12.5. The lowest BCUT2D eigenvalue weighted by Gasteiger charge is -2.60. The third-order valence-corrected chi connectivity index (χ3v) is 12.8. The van der Waals surface area contributed by atoms with Gasteiger partial charge in [-0.15, -0.1) is 0 Å². The average Bonchev–Trinajstić information content (AvgIpc) is 3.63. The topological polar surface area (TPSA) is 53.0 Å². The van der Waals surface area contributed by atoms with Gasteiger partial charge in [-0.05, 0) is 97.7 Å². The molecule has 182 valence electrons. The van der Waals surface area contributed by atoms with E-state index in [1.54, 1.807) is 0 Å². The third kappa shape index (κ3) is 2.89. The second kappa shape index (κ2) is 7.20. The van der Waals surface area contributed by atoms with Crippen molar-refractivity contribution in [1.29, 1.82) is 0 Å². The summed E-state index contributed by atoms with van der Waals surface area (Å²) in [6, 6.07) is 0. The van der Waals surface area contributed by atoms with Gasteiger partial charge in [-0.1, -0.05) is 47.5 Å². The Morgan fingerprint density at radius 3 is 2.38 bits per heavy atom. The van der Waals surface area contributed by atoms with Crippen molar-refractivity contribution in [2.75, 3.05) is 0 Å². The minimum Gasteiger partial charge on any atom is -0.393 e. The predicted molar refractivity (Wildman–Crippen MR) is 127 cm³/mol. The largest absolute Gasteiger partial charge is 0.393 e. The minimum atomic E-state index is -0.326. The van der Waals surface area contributed by atoms with Gasteiger partial charge in [0, 0.05) is 11.8 Å². The molecule has 6 rings (SSSR count). The van der Waals surface area contributed by atoms with E-state index in [0.717, 1.165) is 48.9 Å². The van der Waals surface area contributed by atoms with Gasteiger partial charge in [-0.3, -0.25) is 0 Å². The van der Waals surface area contributed by atoms with Crippen molar-refractivity contribution >= 4 is 0 Å². The molecule has 1 saturated heterocycles. The molecule has 1 heterocycles. The number of epoxide rings is 1. The average molecular weight is 445 g/mol. The molecule has 3 nitrogen and oxygen atoms in total. The van der Waals surface area contributed by atoms with Gasteiger partial charge in [0.25, 0.3) is 0 Å². The highest BCUT2D eigenvalue weighted by Gasteiger charge is 2.79. The van der Waals surface area contributed by atoms with E-state index in [4.69, 9.17) is 4.74 Å². The Balaban J connectivity index is 1.20. The fraction of sp³-hybridized carbons (Fsp3) is 1.00. The van der Waals surface area contributed by atoms with Crippen molar-refractivity contribution in [3.63, 3.8) is 0 Å². The van der Waals surface area contributed by atoms with Crippen LogP contribution in [-0.4, -0.2) is 34.1 Å². The van der Waals surface area contributed by atoms with Crippen LogP contribution < -0.4 is 0 Å². The highest BCUT2D eigenvalue weighted by atomic mass is 16.6. The molecule has 0 amide bonds. The van der Waals surface area contributed by atoms with Crippen LogP contribution >= 0.6 is 0 Å². The molecule has 5 aliphatic carbocycles. The molecule has 3 heteroatoms. The normalized spacial score (nSPS) is 59.9. The van der Waals surface area contributed by atoms with Gasteiger partial charge in [0.15, 0.2) is 0 Å². The Morgan fingerprint density at radius 1 is 0.938 bits per heavy atom. The third-order valence-electron chi connectivity index (χ3n) is 12.8. The smallest absolute Gasteiger partial charge is 0.114 e. The zero-order valence-corrected chi connectivity index (χ0v) is 21.2. The summed E-state index contributed by atoms with van der Waals surface area (Å²) in [4.78, 5) is 0. The van der Waals surface area contributed by atoms with E-state index in [0.29, 0.717) is 23.2 Å².